The predicted octanol–water partition coefficient (Wildman–Crippen LogP) is 1.03. The average Bonchev–Trinajstić information content (AvgIpc) is 2.94. The van der Waals surface area contributed by atoms with E-state index < -0.39 is 9.84 Å². The Kier molecular flexibility index (Phi) is 4.99. The largest absolute Gasteiger partial charge is 0.393 e. The molecule has 1 aromatic rings. The SMILES string of the molecule is CC(O)C1CCN(CCS(=O)(=O)c2cccc(C#N)c2)C1. The molecule has 6 heteroatoms. The fourth-order valence-electron chi connectivity index (χ4n) is 2.59. The van der Waals surface area contributed by atoms with Gasteiger partial charge in [-0.3, -0.25) is 0 Å². The first kappa shape index (κ1) is 16.0. The first-order valence-corrected chi connectivity index (χ1v) is 8.71. The maximum atomic E-state index is 12.3. The van der Waals surface area contributed by atoms with Crippen LogP contribution in [0.2, 0.25) is 0 Å². The Bertz CT molecular complexity index is 635. The molecule has 1 fully saturated rings. The third kappa shape index (κ3) is 4.03. The molecule has 0 radical (unpaired) electrons. The summed E-state index contributed by atoms with van der Waals surface area (Å²) in [5.41, 5.74) is 0.353. The highest BCUT2D eigenvalue weighted by Crippen LogP contribution is 2.20. The zero-order chi connectivity index (χ0) is 15.5. The number of sulfone groups is 1. The highest BCUT2D eigenvalue weighted by Gasteiger charge is 2.27. The lowest BCUT2D eigenvalue weighted by Gasteiger charge is -2.17. The van der Waals surface area contributed by atoms with Gasteiger partial charge in [-0.1, -0.05) is 6.07 Å². The van der Waals surface area contributed by atoms with E-state index in [4.69, 9.17) is 5.26 Å². The first-order chi connectivity index (χ1) is 9.92. The van der Waals surface area contributed by atoms with Gasteiger partial charge in [0, 0.05) is 13.1 Å². The van der Waals surface area contributed by atoms with E-state index in [9.17, 15) is 13.5 Å². The minimum Gasteiger partial charge on any atom is -0.393 e. The maximum Gasteiger partial charge on any atom is 0.179 e. The van der Waals surface area contributed by atoms with E-state index in [1.807, 2.05) is 6.07 Å². The Morgan fingerprint density at radius 3 is 2.90 bits per heavy atom. The minimum absolute atomic E-state index is 0.0361. The Hall–Kier alpha value is -1.42. The number of likely N-dealkylation sites (tertiary alicyclic amines) is 1. The highest BCUT2D eigenvalue weighted by atomic mass is 32.2. The fraction of sp³-hybridized carbons (Fsp3) is 0.533. The molecule has 0 bridgehead atoms. The Labute approximate surface area is 125 Å². The molecule has 2 unspecified atom stereocenters. The molecule has 1 saturated heterocycles. The Morgan fingerprint density at radius 2 is 2.29 bits per heavy atom. The van der Waals surface area contributed by atoms with Crippen molar-refractivity contribution in [2.24, 2.45) is 5.92 Å². The summed E-state index contributed by atoms with van der Waals surface area (Å²) >= 11 is 0. The lowest BCUT2D eigenvalue weighted by molar-refractivity contribution is 0.128. The second-order valence-electron chi connectivity index (χ2n) is 5.55. The van der Waals surface area contributed by atoms with Crippen molar-refractivity contribution in [3.8, 4) is 6.07 Å². The van der Waals surface area contributed by atoms with E-state index >= 15 is 0 Å². The number of rotatable bonds is 5. The van der Waals surface area contributed by atoms with E-state index in [2.05, 4.69) is 4.90 Å². The van der Waals surface area contributed by atoms with Crippen LogP contribution in [0.15, 0.2) is 29.2 Å². The van der Waals surface area contributed by atoms with Crippen molar-refractivity contribution in [3.63, 3.8) is 0 Å². The van der Waals surface area contributed by atoms with Crippen molar-refractivity contribution in [2.45, 2.75) is 24.3 Å². The summed E-state index contributed by atoms with van der Waals surface area (Å²) in [5, 5.41) is 18.4. The van der Waals surface area contributed by atoms with Crippen LogP contribution in [0.5, 0.6) is 0 Å². The van der Waals surface area contributed by atoms with Crippen LogP contribution in [-0.4, -0.2) is 49.9 Å². The molecule has 0 saturated carbocycles. The number of aliphatic hydroxyl groups is 1. The van der Waals surface area contributed by atoms with Crippen LogP contribution in [-0.2, 0) is 9.84 Å². The molecule has 0 spiro atoms. The van der Waals surface area contributed by atoms with Gasteiger partial charge in [-0.05, 0) is 44.0 Å². The molecule has 0 amide bonds. The van der Waals surface area contributed by atoms with E-state index in [1.54, 1.807) is 19.1 Å². The van der Waals surface area contributed by atoms with Crippen molar-refractivity contribution < 1.29 is 13.5 Å². The molecule has 1 aliphatic rings. The monoisotopic (exact) mass is 308 g/mol. The fourth-order valence-corrected chi connectivity index (χ4v) is 3.91. The molecule has 114 valence electrons. The van der Waals surface area contributed by atoms with Crippen LogP contribution in [0.1, 0.15) is 18.9 Å². The van der Waals surface area contributed by atoms with E-state index in [0.717, 1.165) is 19.5 Å². The normalized spacial score (nSPS) is 21.1. The van der Waals surface area contributed by atoms with Crippen LogP contribution in [0.3, 0.4) is 0 Å². The molecule has 2 rings (SSSR count). The van der Waals surface area contributed by atoms with Gasteiger partial charge in [-0.25, -0.2) is 8.42 Å². The molecule has 1 aliphatic heterocycles. The van der Waals surface area contributed by atoms with Crippen LogP contribution < -0.4 is 0 Å². The summed E-state index contributed by atoms with van der Waals surface area (Å²) in [5.74, 6) is 0.267. The standard InChI is InChI=1S/C15H20N2O3S/c1-12(18)14-5-6-17(11-14)7-8-21(19,20)15-4-2-3-13(9-15)10-16/h2-4,9,12,14,18H,5-8,11H2,1H3. The van der Waals surface area contributed by atoms with Crippen LogP contribution >= 0.6 is 0 Å². The molecular weight excluding hydrogens is 288 g/mol. The smallest absolute Gasteiger partial charge is 0.179 e. The van der Waals surface area contributed by atoms with Gasteiger partial charge in [0.2, 0.25) is 0 Å². The van der Waals surface area contributed by atoms with Gasteiger partial charge in [0.05, 0.1) is 28.4 Å². The highest BCUT2D eigenvalue weighted by molar-refractivity contribution is 7.91. The van der Waals surface area contributed by atoms with Gasteiger partial charge < -0.3 is 10.0 Å². The number of hydrogen-bond donors (Lipinski definition) is 1. The summed E-state index contributed by atoms with van der Waals surface area (Å²) < 4.78 is 24.6. The van der Waals surface area contributed by atoms with E-state index in [0.29, 0.717) is 12.1 Å². The number of nitriles is 1. The lowest BCUT2D eigenvalue weighted by Crippen LogP contribution is -2.29. The summed E-state index contributed by atoms with van der Waals surface area (Å²) in [6.45, 7) is 3.80. The van der Waals surface area contributed by atoms with Gasteiger partial charge in [0.15, 0.2) is 9.84 Å². The molecule has 0 aliphatic carbocycles. The van der Waals surface area contributed by atoms with Gasteiger partial charge in [-0.15, -0.1) is 0 Å². The number of nitrogens with zero attached hydrogens (tertiary/aromatic N) is 2. The second-order valence-corrected chi connectivity index (χ2v) is 7.66. The third-order valence-corrected chi connectivity index (χ3v) is 5.68. The van der Waals surface area contributed by atoms with Crippen molar-refractivity contribution in [2.75, 3.05) is 25.4 Å². The molecule has 0 aromatic heterocycles. The molecule has 1 aromatic carbocycles. The van der Waals surface area contributed by atoms with Crippen LogP contribution in [0, 0.1) is 17.2 Å². The van der Waals surface area contributed by atoms with Gasteiger partial charge in [0.1, 0.15) is 0 Å². The Morgan fingerprint density at radius 1 is 1.52 bits per heavy atom. The topological polar surface area (TPSA) is 81.4 Å². The zero-order valence-corrected chi connectivity index (χ0v) is 12.9. The van der Waals surface area contributed by atoms with E-state index in [1.165, 1.54) is 12.1 Å². The first-order valence-electron chi connectivity index (χ1n) is 7.06. The van der Waals surface area contributed by atoms with Gasteiger partial charge in [0.25, 0.3) is 0 Å². The second kappa shape index (κ2) is 6.56. The minimum atomic E-state index is -3.37. The van der Waals surface area contributed by atoms with Crippen LogP contribution in [0.4, 0.5) is 0 Å². The molecule has 21 heavy (non-hydrogen) atoms. The van der Waals surface area contributed by atoms with E-state index in [-0.39, 0.29) is 22.7 Å². The number of hydrogen-bond acceptors (Lipinski definition) is 5. The van der Waals surface area contributed by atoms with Crippen molar-refractivity contribution >= 4 is 9.84 Å². The molecular formula is C15H20N2O3S. The summed E-state index contributed by atoms with van der Waals surface area (Å²) in [6.07, 6.45) is 0.556. The Balaban J connectivity index is 1.98. The third-order valence-electron chi connectivity index (χ3n) is 3.99. The summed E-state index contributed by atoms with van der Waals surface area (Å²) in [6, 6.07) is 8.07. The average molecular weight is 308 g/mol. The van der Waals surface area contributed by atoms with Crippen LogP contribution in [0.25, 0.3) is 0 Å². The van der Waals surface area contributed by atoms with Crippen molar-refractivity contribution in [1.29, 1.82) is 5.26 Å². The zero-order valence-electron chi connectivity index (χ0n) is 12.1. The maximum absolute atomic E-state index is 12.3. The number of benzene rings is 1. The van der Waals surface area contributed by atoms with Gasteiger partial charge in [-0.2, -0.15) is 5.26 Å². The molecule has 2 atom stereocenters. The number of aliphatic hydroxyl groups excluding tert-OH is 1. The van der Waals surface area contributed by atoms with Crippen molar-refractivity contribution in [1.82, 2.24) is 4.90 Å². The lowest BCUT2D eigenvalue weighted by atomic mass is 10.0. The quantitative estimate of drug-likeness (QED) is 0.879. The molecule has 1 N–H and O–H groups in total. The summed E-state index contributed by atoms with van der Waals surface area (Å²) in [4.78, 5) is 2.27. The summed E-state index contributed by atoms with van der Waals surface area (Å²) in [7, 11) is -3.37. The van der Waals surface area contributed by atoms with Gasteiger partial charge >= 0.3 is 0 Å². The predicted molar refractivity (Wildman–Crippen MR) is 79.4 cm³/mol. The molecule has 1 heterocycles. The molecule has 5 nitrogen and oxygen atoms in total. The van der Waals surface area contributed by atoms with Crippen molar-refractivity contribution in [3.05, 3.63) is 29.8 Å².